The Hall–Kier alpha value is -3.61. The van der Waals surface area contributed by atoms with Gasteiger partial charge in [0.05, 0.1) is 6.04 Å². The van der Waals surface area contributed by atoms with Crippen molar-refractivity contribution in [3.8, 4) is 11.1 Å². The van der Waals surface area contributed by atoms with Gasteiger partial charge in [0.1, 0.15) is 12.6 Å². The van der Waals surface area contributed by atoms with Gasteiger partial charge >= 0.3 is 12.1 Å². The molecule has 2 amide bonds. The van der Waals surface area contributed by atoms with E-state index in [4.69, 9.17) is 4.74 Å². The highest BCUT2D eigenvalue weighted by Crippen LogP contribution is 2.44. The minimum Gasteiger partial charge on any atom is -0.480 e. The minimum atomic E-state index is -1.05. The molecule has 178 valence electrons. The number of carbonyl (C=O) groups excluding carboxylic acids is 2. The van der Waals surface area contributed by atoms with Crippen LogP contribution in [-0.2, 0) is 14.3 Å². The van der Waals surface area contributed by atoms with Crippen molar-refractivity contribution in [1.82, 2.24) is 10.6 Å². The third-order valence-electron chi connectivity index (χ3n) is 6.58. The molecule has 2 aliphatic rings. The number of fused-ring (bicyclic) bond motifs is 3. The number of hydrogen-bond acceptors (Lipinski definition) is 4. The van der Waals surface area contributed by atoms with E-state index in [0.29, 0.717) is 12.8 Å². The van der Waals surface area contributed by atoms with Crippen LogP contribution in [0.15, 0.2) is 60.7 Å². The molecule has 2 aromatic rings. The molecule has 0 radical (unpaired) electrons. The zero-order chi connectivity index (χ0) is 24.2. The Kier molecular flexibility index (Phi) is 7.01. The molecular formula is C27H30N2O5. The zero-order valence-corrected chi connectivity index (χ0v) is 19.4. The molecule has 2 aromatic carbocycles. The van der Waals surface area contributed by atoms with Crippen molar-refractivity contribution in [2.45, 2.75) is 44.7 Å². The Balaban J connectivity index is 1.33. The highest BCUT2D eigenvalue weighted by atomic mass is 16.5. The molecule has 2 aliphatic carbocycles. The second-order valence-electron chi connectivity index (χ2n) is 9.24. The van der Waals surface area contributed by atoms with Crippen LogP contribution in [0.2, 0.25) is 0 Å². The largest absolute Gasteiger partial charge is 0.480 e. The van der Waals surface area contributed by atoms with Crippen LogP contribution in [0.1, 0.15) is 43.7 Å². The molecule has 0 aliphatic heterocycles. The van der Waals surface area contributed by atoms with Gasteiger partial charge in [-0.2, -0.15) is 0 Å². The molecule has 7 nitrogen and oxygen atoms in total. The maximum absolute atomic E-state index is 12.6. The number of carboxylic acids is 1. The summed E-state index contributed by atoms with van der Waals surface area (Å²) in [5, 5.41) is 14.8. The van der Waals surface area contributed by atoms with Gasteiger partial charge in [-0.1, -0.05) is 74.5 Å². The van der Waals surface area contributed by atoms with E-state index in [1.807, 2.05) is 36.4 Å². The SMILES string of the molecule is CC(C)[C@@H](NC(=O)[C@@H]1CC=C[C@@H](NC(=O)OCC2c3ccccc3-c3ccccc32)C1)C(=O)O. The quantitative estimate of drug-likeness (QED) is 0.538. The van der Waals surface area contributed by atoms with Crippen LogP contribution < -0.4 is 10.6 Å². The Morgan fingerprint density at radius 1 is 1.03 bits per heavy atom. The van der Waals surface area contributed by atoms with Gasteiger partial charge in [0.2, 0.25) is 5.91 Å². The maximum Gasteiger partial charge on any atom is 0.407 e. The van der Waals surface area contributed by atoms with Crippen molar-refractivity contribution in [2.24, 2.45) is 11.8 Å². The number of amides is 2. The first kappa shape index (κ1) is 23.5. The third kappa shape index (κ3) is 4.98. The lowest BCUT2D eigenvalue weighted by atomic mass is 9.89. The summed E-state index contributed by atoms with van der Waals surface area (Å²) in [5.41, 5.74) is 4.61. The molecule has 0 unspecified atom stereocenters. The summed E-state index contributed by atoms with van der Waals surface area (Å²) < 4.78 is 5.60. The molecule has 7 heteroatoms. The van der Waals surface area contributed by atoms with Gasteiger partial charge in [-0.15, -0.1) is 0 Å². The van der Waals surface area contributed by atoms with Gasteiger partial charge in [0, 0.05) is 11.8 Å². The van der Waals surface area contributed by atoms with Crippen LogP contribution in [-0.4, -0.2) is 41.8 Å². The van der Waals surface area contributed by atoms with E-state index >= 15 is 0 Å². The minimum absolute atomic E-state index is 0.0254. The molecule has 0 aromatic heterocycles. The molecule has 0 fully saturated rings. The first-order valence-electron chi connectivity index (χ1n) is 11.7. The molecule has 0 saturated carbocycles. The van der Waals surface area contributed by atoms with Crippen molar-refractivity contribution in [3.63, 3.8) is 0 Å². The molecule has 3 N–H and O–H groups in total. The number of ether oxygens (including phenoxy) is 1. The van der Waals surface area contributed by atoms with E-state index in [1.54, 1.807) is 13.8 Å². The van der Waals surface area contributed by atoms with Crippen LogP contribution >= 0.6 is 0 Å². The molecule has 34 heavy (non-hydrogen) atoms. The summed E-state index contributed by atoms with van der Waals surface area (Å²) in [7, 11) is 0. The number of nitrogens with one attached hydrogen (secondary N) is 2. The number of carbonyl (C=O) groups is 3. The van der Waals surface area contributed by atoms with E-state index in [0.717, 1.165) is 22.3 Å². The predicted molar refractivity (Wildman–Crippen MR) is 128 cm³/mol. The number of rotatable bonds is 7. The lowest BCUT2D eigenvalue weighted by molar-refractivity contribution is -0.143. The fourth-order valence-electron chi connectivity index (χ4n) is 4.79. The fourth-order valence-corrected chi connectivity index (χ4v) is 4.79. The zero-order valence-electron chi connectivity index (χ0n) is 19.4. The first-order chi connectivity index (χ1) is 16.3. The van der Waals surface area contributed by atoms with Crippen molar-refractivity contribution >= 4 is 18.0 Å². The Labute approximate surface area is 199 Å². The number of alkyl carbamates (subject to hydrolysis) is 1. The van der Waals surface area contributed by atoms with Crippen LogP contribution in [0.3, 0.4) is 0 Å². The van der Waals surface area contributed by atoms with Crippen LogP contribution in [0.25, 0.3) is 11.1 Å². The summed E-state index contributed by atoms with van der Waals surface area (Å²) in [6.45, 7) is 3.72. The van der Waals surface area contributed by atoms with E-state index < -0.39 is 24.0 Å². The lowest BCUT2D eigenvalue weighted by Gasteiger charge is -2.27. The van der Waals surface area contributed by atoms with E-state index in [1.165, 1.54) is 0 Å². The van der Waals surface area contributed by atoms with Gasteiger partial charge in [0.15, 0.2) is 0 Å². The summed E-state index contributed by atoms with van der Waals surface area (Å²) in [6, 6.07) is 15.0. The van der Waals surface area contributed by atoms with Crippen molar-refractivity contribution in [1.29, 1.82) is 0 Å². The van der Waals surface area contributed by atoms with E-state index in [-0.39, 0.29) is 30.4 Å². The summed E-state index contributed by atoms with van der Waals surface area (Å²) in [4.78, 5) is 36.6. The molecule has 4 rings (SSSR count). The Morgan fingerprint density at radius 3 is 2.24 bits per heavy atom. The topological polar surface area (TPSA) is 105 Å². The number of aliphatic carboxylic acids is 1. The first-order valence-corrected chi connectivity index (χ1v) is 11.7. The average molecular weight is 463 g/mol. The normalized spacial score (nSPS) is 19.7. The van der Waals surface area contributed by atoms with Gasteiger partial charge in [-0.25, -0.2) is 9.59 Å². The summed E-state index contributed by atoms with van der Waals surface area (Å²) >= 11 is 0. The molecule has 3 atom stereocenters. The monoisotopic (exact) mass is 462 g/mol. The van der Waals surface area contributed by atoms with Gasteiger partial charge in [0.25, 0.3) is 0 Å². The number of hydrogen-bond donors (Lipinski definition) is 3. The molecule has 0 spiro atoms. The average Bonchev–Trinajstić information content (AvgIpc) is 3.14. The van der Waals surface area contributed by atoms with Gasteiger partial charge in [-0.05, 0) is 41.0 Å². The summed E-state index contributed by atoms with van der Waals surface area (Å²) in [5.74, 6) is -2.03. The van der Waals surface area contributed by atoms with Crippen molar-refractivity contribution in [2.75, 3.05) is 6.61 Å². The second-order valence-corrected chi connectivity index (χ2v) is 9.24. The fraction of sp³-hybridized carbons (Fsp3) is 0.370. The summed E-state index contributed by atoms with van der Waals surface area (Å²) in [6.07, 6.45) is 4.04. The Morgan fingerprint density at radius 2 is 1.65 bits per heavy atom. The Bertz CT molecular complexity index is 1060. The maximum atomic E-state index is 12.6. The predicted octanol–water partition coefficient (Wildman–Crippen LogP) is 4.09. The molecule has 0 saturated heterocycles. The number of allylic oxidation sites excluding steroid dienone is 1. The molecular weight excluding hydrogens is 432 g/mol. The smallest absolute Gasteiger partial charge is 0.407 e. The van der Waals surface area contributed by atoms with Crippen LogP contribution in [0, 0.1) is 11.8 Å². The van der Waals surface area contributed by atoms with E-state index in [2.05, 4.69) is 34.9 Å². The molecule has 0 heterocycles. The second kappa shape index (κ2) is 10.1. The number of benzene rings is 2. The van der Waals surface area contributed by atoms with E-state index in [9.17, 15) is 19.5 Å². The standard InChI is InChI=1S/C27H30N2O5/c1-16(2)24(26(31)32)29-25(30)17-8-7-9-18(14-17)28-27(33)34-15-23-21-12-5-3-10-19(21)20-11-4-6-13-22(20)23/h3-7,9-13,16-18,23-24H,8,14-15H2,1-2H3,(H,28,33)(H,29,30)(H,31,32)/t17-,18-,24-/m1/s1. The third-order valence-corrected chi connectivity index (χ3v) is 6.58. The highest BCUT2D eigenvalue weighted by Gasteiger charge is 2.31. The van der Waals surface area contributed by atoms with Gasteiger partial charge in [-0.3, -0.25) is 4.79 Å². The van der Waals surface area contributed by atoms with Gasteiger partial charge < -0.3 is 20.5 Å². The highest BCUT2D eigenvalue weighted by molar-refractivity contribution is 5.85. The molecule has 0 bridgehead atoms. The van der Waals surface area contributed by atoms with Crippen LogP contribution in [0.5, 0.6) is 0 Å². The van der Waals surface area contributed by atoms with Crippen molar-refractivity contribution < 1.29 is 24.2 Å². The van der Waals surface area contributed by atoms with Crippen LogP contribution in [0.4, 0.5) is 4.79 Å². The van der Waals surface area contributed by atoms with Crippen molar-refractivity contribution in [3.05, 3.63) is 71.8 Å². The number of carboxylic acid groups (broad SMARTS) is 1. The lowest BCUT2D eigenvalue weighted by Crippen LogP contribution is -2.48.